The molecule has 7 heteroatoms. The number of thioether (sulfide) groups is 1. The minimum absolute atomic E-state index is 0.0222. The van der Waals surface area contributed by atoms with E-state index in [1.165, 1.54) is 12.5 Å². The van der Waals surface area contributed by atoms with Crippen molar-refractivity contribution in [3.8, 4) is 0 Å². The normalized spacial score (nSPS) is 42.6. The molecule has 0 aliphatic heterocycles. The smallest absolute Gasteiger partial charge is 0.327 e. The number of allylic oxidation sites excluding steroid dienone is 1. The Morgan fingerprint density at radius 1 is 1.23 bits per heavy atom. The van der Waals surface area contributed by atoms with Gasteiger partial charge in [0.1, 0.15) is 6.04 Å². The molecule has 6 nitrogen and oxygen atoms in total. The van der Waals surface area contributed by atoms with Crippen molar-refractivity contribution in [2.24, 2.45) is 28.6 Å². The van der Waals surface area contributed by atoms with Crippen molar-refractivity contribution in [1.82, 2.24) is 5.32 Å². The van der Waals surface area contributed by atoms with E-state index in [2.05, 4.69) is 19.2 Å². The molecule has 0 heterocycles. The van der Waals surface area contributed by atoms with Gasteiger partial charge in [-0.05, 0) is 73.2 Å². The van der Waals surface area contributed by atoms with Crippen LogP contribution in [-0.4, -0.2) is 51.0 Å². The van der Waals surface area contributed by atoms with Gasteiger partial charge in [0, 0.05) is 24.3 Å². The first kappa shape index (κ1) is 22.8. The Kier molecular flexibility index (Phi) is 6.05. The molecule has 0 radical (unpaired) electrons. The second-order valence-corrected chi connectivity index (χ2v) is 11.9. The zero-order valence-corrected chi connectivity index (χ0v) is 19.5. The van der Waals surface area contributed by atoms with E-state index in [4.69, 9.17) is 0 Å². The number of ketones is 1. The van der Waals surface area contributed by atoms with Gasteiger partial charge in [0.2, 0.25) is 5.91 Å². The van der Waals surface area contributed by atoms with E-state index < -0.39 is 12.0 Å². The predicted octanol–water partition coefficient (Wildman–Crippen LogP) is 3.18. The van der Waals surface area contributed by atoms with Crippen molar-refractivity contribution in [2.75, 3.05) is 5.75 Å². The van der Waals surface area contributed by atoms with Crippen LogP contribution in [0.25, 0.3) is 0 Å². The summed E-state index contributed by atoms with van der Waals surface area (Å²) in [4.78, 5) is 35.4. The number of aliphatic carboxylic acids is 1. The quantitative estimate of drug-likeness (QED) is 0.596. The highest BCUT2D eigenvalue weighted by molar-refractivity contribution is 8.00. The van der Waals surface area contributed by atoms with Crippen molar-refractivity contribution < 1.29 is 24.6 Å². The molecule has 0 bridgehead atoms. The van der Waals surface area contributed by atoms with Gasteiger partial charge in [0.05, 0.1) is 6.10 Å². The number of rotatable bonds is 5. The van der Waals surface area contributed by atoms with Gasteiger partial charge in [0.25, 0.3) is 0 Å². The number of carboxylic acid groups (broad SMARTS) is 1. The molecule has 0 spiro atoms. The maximum atomic E-state index is 12.2. The summed E-state index contributed by atoms with van der Waals surface area (Å²) in [6, 6.07) is -0.916. The van der Waals surface area contributed by atoms with Gasteiger partial charge >= 0.3 is 5.97 Å². The van der Waals surface area contributed by atoms with Crippen LogP contribution in [0, 0.1) is 28.6 Å². The third kappa shape index (κ3) is 3.86. The molecule has 0 unspecified atom stereocenters. The van der Waals surface area contributed by atoms with Crippen LogP contribution in [0.15, 0.2) is 11.6 Å². The number of nitrogens with one attached hydrogen (secondary N) is 1. The summed E-state index contributed by atoms with van der Waals surface area (Å²) in [5.41, 5.74) is 1.18. The molecular formula is C24H35NO5S. The standard InChI is InChI=1S/C24H35NO5S/c1-13(26)25-18(22(29)30)12-31-19-11-14-10-15(27)6-8-23(14,2)17-7-9-24(3)16(21(17)19)4-5-20(24)28/h10,16-21,28H,4-9,11-12H2,1-3H3,(H,25,26)(H,29,30)/t16-,17-,18-,19+,20-,21-,23-,24-/m0/s1. The van der Waals surface area contributed by atoms with Crippen molar-refractivity contribution in [3.05, 3.63) is 11.6 Å². The Balaban J connectivity index is 1.65. The van der Waals surface area contributed by atoms with E-state index in [1.807, 2.05) is 6.08 Å². The van der Waals surface area contributed by atoms with Crippen molar-refractivity contribution in [1.29, 1.82) is 0 Å². The SMILES string of the molecule is CC(=O)N[C@@H](CS[C@@H]1CC2=CC(=O)CC[C@]2(C)[C@H]2CC[C@]3(C)[C@@H](O)CC[C@H]3[C@H]12)C(=O)O. The fourth-order valence-corrected chi connectivity index (χ4v) is 8.85. The molecule has 31 heavy (non-hydrogen) atoms. The summed E-state index contributed by atoms with van der Waals surface area (Å²) in [7, 11) is 0. The molecule has 4 rings (SSSR count). The van der Waals surface area contributed by atoms with Crippen molar-refractivity contribution in [2.45, 2.75) is 83.1 Å². The van der Waals surface area contributed by atoms with Crippen LogP contribution in [0.1, 0.15) is 65.7 Å². The zero-order valence-electron chi connectivity index (χ0n) is 18.7. The lowest BCUT2D eigenvalue weighted by Crippen LogP contribution is -2.55. The maximum absolute atomic E-state index is 12.2. The summed E-state index contributed by atoms with van der Waals surface area (Å²) >= 11 is 1.64. The highest BCUT2D eigenvalue weighted by atomic mass is 32.2. The second kappa shape index (κ2) is 8.22. The third-order valence-electron chi connectivity index (χ3n) is 9.06. The monoisotopic (exact) mass is 449 g/mol. The van der Waals surface area contributed by atoms with Crippen LogP contribution in [0.3, 0.4) is 0 Å². The molecule has 8 atom stereocenters. The largest absolute Gasteiger partial charge is 0.480 e. The Hall–Kier alpha value is -1.34. The number of carbonyl (C=O) groups is 3. The fourth-order valence-electron chi connectivity index (χ4n) is 7.28. The molecule has 3 N–H and O–H groups in total. The summed E-state index contributed by atoms with van der Waals surface area (Å²) in [5, 5.41) is 23.1. The molecule has 0 saturated heterocycles. The molecule has 172 valence electrons. The van der Waals surface area contributed by atoms with E-state index in [-0.39, 0.29) is 33.9 Å². The van der Waals surface area contributed by atoms with E-state index in [1.54, 1.807) is 11.8 Å². The van der Waals surface area contributed by atoms with Gasteiger partial charge in [-0.1, -0.05) is 19.4 Å². The fraction of sp³-hybridized carbons (Fsp3) is 0.792. The summed E-state index contributed by atoms with van der Waals surface area (Å²) in [6.07, 6.45) is 7.80. The number of amides is 1. The first-order valence-corrected chi connectivity index (χ1v) is 12.6. The molecule has 0 aromatic rings. The van der Waals surface area contributed by atoms with Gasteiger partial charge in [-0.2, -0.15) is 11.8 Å². The second-order valence-electron chi connectivity index (χ2n) is 10.6. The van der Waals surface area contributed by atoms with Crippen molar-refractivity contribution >= 4 is 29.4 Å². The minimum atomic E-state index is -1.02. The number of hydrogen-bond donors (Lipinski definition) is 3. The summed E-state index contributed by atoms with van der Waals surface area (Å²) < 4.78 is 0. The Morgan fingerprint density at radius 2 is 1.97 bits per heavy atom. The molecule has 0 aromatic carbocycles. The molecule has 3 saturated carbocycles. The molecule has 1 amide bonds. The number of aliphatic hydroxyl groups excluding tert-OH is 1. The van der Waals surface area contributed by atoms with Gasteiger partial charge in [-0.15, -0.1) is 0 Å². The van der Waals surface area contributed by atoms with Gasteiger partial charge in [-0.25, -0.2) is 4.79 Å². The maximum Gasteiger partial charge on any atom is 0.327 e. The van der Waals surface area contributed by atoms with Crippen LogP contribution >= 0.6 is 11.8 Å². The number of carbonyl (C=O) groups excluding carboxylic acids is 2. The highest BCUT2D eigenvalue weighted by Crippen LogP contribution is 2.66. The summed E-state index contributed by atoms with van der Waals surface area (Å²) in [6.45, 7) is 5.91. The highest BCUT2D eigenvalue weighted by Gasteiger charge is 2.61. The van der Waals surface area contributed by atoms with Crippen LogP contribution in [0.5, 0.6) is 0 Å². The molecule has 4 aliphatic rings. The average molecular weight is 450 g/mol. The van der Waals surface area contributed by atoms with Gasteiger partial charge in [0.15, 0.2) is 5.78 Å². The molecular weight excluding hydrogens is 414 g/mol. The Bertz CT molecular complexity index is 812. The molecule has 4 aliphatic carbocycles. The molecule has 3 fully saturated rings. The van der Waals surface area contributed by atoms with Gasteiger partial charge < -0.3 is 15.5 Å². The summed E-state index contributed by atoms with van der Waals surface area (Å²) in [5.74, 6) is 0.413. The van der Waals surface area contributed by atoms with Crippen LogP contribution in [-0.2, 0) is 14.4 Å². The van der Waals surface area contributed by atoms with E-state index in [0.717, 1.165) is 38.5 Å². The van der Waals surface area contributed by atoms with E-state index in [0.29, 0.717) is 29.9 Å². The topological polar surface area (TPSA) is 104 Å². The number of fused-ring (bicyclic) bond motifs is 5. The predicted molar refractivity (Wildman–Crippen MR) is 120 cm³/mol. The first-order chi connectivity index (χ1) is 14.6. The Labute approximate surface area is 188 Å². The van der Waals surface area contributed by atoms with Crippen molar-refractivity contribution in [3.63, 3.8) is 0 Å². The third-order valence-corrected chi connectivity index (χ3v) is 10.5. The lowest BCUT2D eigenvalue weighted by Gasteiger charge is -2.60. The van der Waals surface area contributed by atoms with Crippen LogP contribution in [0.4, 0.5) is 0 Å². The van der Waals surface area contributed by atoms with Crippen LogP contribution < -0.4 is 5.32 Å². The lowest BCUT2D eigenvalue weighted by atomic mass is 9.47. The zero-order chi connectivity index (χ0) is 22.6. The average Bonchev–Trinajstić information content (AvgIpc) is 3.00. The van der Waals surface area contributed by atoms with E-state index >= 15 is 0 Å². The van der Waals surface area contributed by atoms with Crippen LogP contribution in [0.2, 0.25) is 0 Å². The van der Waals surface area contributed by atoms with E-state index in [9.17, 15) is 24.6 Å². The Morgan fingerprint density at radius 3 is 2.65 bits per heavy atom. The van der Waals surface area contributed by atoms with Gasteiger partial charge in [-0.3, -0.25) is 9.59 Å². The number of aliphatic hydroxyl groups is 1. The minimum Gasteiger partial charge on any atom is -0.480 e. The molecule has 0 aromatic heterocycles. The first-order valence-electron chi connectivity index (χ1n) is 11.6. The number of carboxylic acids is 1. The number of hydrogen-bond acceptors (Lipinski definition) is 5. The lowest BCUT2D eigenvalue weighted by molar-refractivity contribution is -0.140.